The molecule has 2 heterocycles. The average Bonchev–Trinajstić information content (AvgIpc) is 2.97. The van der Waals surface area contributed by atoms with Crippen molar-refractivity contribution in [3.63, 3.8) is 0 Å². The molecule has 0 atom stereocenters. The number of aromatic nitrogens is 2. The number of hydrogen-bond donors (Lipinski definition) is 1. The number of benzene rings is 2. The lowest BCUT2D eigenvalue weighted by atomic mass is 10.2. The van der Waals surface area contributed by atoms with Crippen molar-refractivity contribution < 1.29 is 9.13 Å². The Labute approximate surface area is 137 Å². The van der Waals surface area contributed by atoms with Crippen molar-refractivity contribution in [1.29, 1.82) is 0 Å². The lowest BCUT2D eigenvalue weighted by Crippen LogP contribution is -2.23. The molecule has 0 saturated heterocycles. The highest BCUT2D eigenvalue weighted by molar-refractivity contribution is 5.79. The molecule has 24 heavy (non-hydrogen) atoms. The summed E-state index contributed by atoms with van der Waals surface area (Å²) in [5.74, 6) is 0.925. The zero-order chi connectivity index (χ0) is 16.7. The molecule has 1 aliphatic rings. The number of halogens is 1. The van der Waals surface area contributed by atoms with Crippen LogP contribution >= 0.6 is 0 Å². The minimum atomic E-state index is -0.257. The zero-order valence-corrected chi connectivity index (χ0v) is 13.2. The second-order valence-corrected chi connectivity index (χ2v) is 5.84. The number of rotatable bonds is 3. The van der Waals surface area contributed by atoms with E-state index in [-0.39, 0.29) is 11.4 Å². The van der Waals surface area contributed by atoms with Gasteiger partial charge in [0.1, 0.15) is 17.4 Å². The van der Waals surface area contributed by atoms with Gasteiger partial charge in [-0.15, -0.1) is 0 Å². The van der Waals surface area contributed by atoms with Gasteiger partial charge in [0.2, 0.25) is 0 Å². The molecule has 0 aliphatic carbocycles. The monoisotopic (exact) mass is 325 g/mol. The van der Waals surface area contributed by atoms with Crippen LogP contribution in [-0.2, 0) is 13.0 Å². The van der Waals surface area contributed by atoms with Crippen LogP contribution < -0.4 is 15.2 Å². The molecule has 5 nitrogen and oxygen atoms in total. The smallest absolute Gasteiger partial charge is 0.258 e. The van der Waals surface area contributed by atoms with Crippen LogP contribution in [0.2, 0.25) is 0 Å². The van der Waals surface area contributed by atoms with E-state index in [9.17, 15) is 9.18 Å². The third-order valence-electron chi connectivity index (χ3n) is 4.34. The summed E-state index contributed by atoms with van der Waals surface area (Å²) in [6.07, 6.45) is 0.866. The van der Waals surface area contributed by atoms with Crippen molar-refractivity contribution in [2.45, 2.75) is 13.0 Å². The van der Waals surface area contributed by atoms with Gasteiger partial charge in [-0.1, -0.05) is 6.07 Å². The number of methoxy groups -OCH3 is 1. The fourth-order valence-corrected chi connectivity index (χ4v) is 3.13. The highest BCUT2D eigenvalue weighted by Crippen LogP contribution is 2.29. The quantitative estimate of drug-likeness (QED) is 0.804. The van der Waals surface area contributed by atoms with Gasteiger partial charge in [-0.05, 0) is 42.3 Å². The van der Waals surface area contributed by atoms with Crippen molar-refractivity contribution in [2.24, 2.45) is 0 Å². The molecule has 0 spiro atoms. The van der Waals surface area contributed by atoms with Gasteiger partial charge in [0, 0.05) is 12.2 Å². The minimum Gasteiger partial charge on any atom is -0.497 e. The summed E-state index contributed by atoms with van der Waals surface area (Å²) in [7, 11) is 1.56. The van der Waals surface area contributed by atoms with Crippen molar-refractivity contribution in [3.8, 4) is 5.75 Å². The largest absolute Gasteiger partial charge is 0.497 e. The van der Waals surface area contributed by atoms with Gasteiger partial charge in [0.15, 0.2) is 0 Å². The summed E-state index contributed by atoms with van der Waals surface area (Å²) in [6.45, 7) is 1.22. The predicted molar refractivity (Wildman–Crippen MR) is 90.1 cm³/mol. The first-order valence-corrected chi connectivity index (χ1v) is 7.74. The number of nitrogens with zero attached hydrogens (tertiary/aromatic N) is 2. The highest BCUT2D eigenvalue weighted by Gasteiger charge is 2.20. The van der Waals surface area contributed by atoms with Crippen LogP contribution in [0.4, 0.5) is 10.1 Å². The van der Waals surface area contributed by atoms with Crippen LogP contribution in [0, 0.1) is 5.82 Å². The fraction of sp³-hybridized carbons (Fsp3) is 0.222. The van der Waals surface area contributed by atoms with Crippen LogP contribution in [0.25, 0.3) is 10.9 Å². The Morgan fingerprint density at radius 2 is 2.17 bits per heavy atom. The lowest BCUT2D eigenvalue weighted by Gasteiger charge is -2.18. The number of aromatic amines is 1. The number of nitrogens with one attached hydrogen (secondary N) is 1. The zero-order valence-electron chi connectivity index (χ0n) is 13.2. The Balaban J connectivity index is 1.69. The van der Waals surface area contributed by atoms with Crippen LogP contribution in [0.5, 0.6) is 5.75 Å². The molecule has 0 bridgehead atoms. The van der Waals surface area contributed by atoms with E-state index in [4.69, 9.17) is 4.74 Å². The third kappa shape index (κ3) is 2.50. The Morgan fingerprint density at radius 1 is 1.29 bits per heavy atom. The maximum atomic E-state index is 13.5. The molecule has 0 radical (unpaired) electrons. The fourth-order valence-electron chi connectivity index (χ4n) is 3.13. The topological polar surface area (TPSA) is 58.2 Å². The maximum absolute atomic E-state index is 13.5. The highest BCUT2D eigenvalue weighted by atomic mass is 19.1. The molecule has 6 heteroatoms. The SMILES string of the molecule is COc1ccc2nc(CN3CCc4ccc(F)cc43)[nH]c(=O)c2c1. The van der Waals surface area contributed by atoms with E-state index >= 15 is 0 Å². The number of H-pyrrole nitrogens is 1. The molecule has 0 fully saturated rings. The predicted octanol–water partition coefficient (Wildman–Crippen LogP) is 2.63. The average molecular weight is 325 g/mol. The molecule has 1 N–H and O–H groups in total. The van der Waals surface area contributed by atoms with Gasteiger partial charge in [0.25, 0.3) is 5.56 Å². The van der Waals surface area contributed by atoms with Gasteiger partial charge in [-0.25, -0.2) is 9.37 Å². The Bertz CT molecular complexity index is 984. The summed E-state index contributed by atoms with van der Waals surface area (Å²) in [6, 6.07) is 10.0. The van der Waals surface area contributed by atoms with Crippen LogP contribution in [0.1, 0.15) is 11.4 Å². The molecule has 0 unspecified atom stereocenters. The molecule has 4 rings (SSSR count). The number of ether oxygens (including phenoxy) is 1. The van der Waals surface area contributed by atoms with Gasteiger partial charge in [-0.3, -0.25) is 4.79 Å². The van der Waals surface area contributed by atoms with Crippen molar-refractivity contribution in [3.05, 3.63) is 64.0 Å². The molecular weight excluding hydrogens is 309 g/mol. The summed E-state index contributed by atoms with van der Waals surface area (Å²) >= 11 is 0. The summed E-state index contributed by atoms with van der Waals surface area (Å²) in [5, 5.41) is 0.492. The van der Waals surface area contributed by atoms with Crippen molar-refractivity contribution >= 4 is 16.6 Å². The molecule has 0 amide bonds. The summed E-state index contributed by atoms with van der Waals surface area (Å²) in [4.78, 5) is 21.7. The standard InChI is InChI=1S/C18H16FN3O2/c1-24-13-4-5-15-14(9-13)18(23)21-17(20-15)10-22-7-6-11-2-3-12(19)8-16(11)22/h2-5,8-9H,6-7,10H2,1H3,(H,20,21,23). The third-order valence-corrected chi connectivity index (χ3v) is 4.34. The number of hydrogen-bond acceptors (Lipinski definition) is 4. The Kier molecular flexibility index (Phi) is 3.45. The lowest BCUT2D eigenvalue weighted by molar-refractivity contribution is 0.415. The van der Waals surface area contributed by atoms with E-state index in [1.54, 1.807) is 25.3 Å². The first-order valence-electron chi connectivity index (χ1n) is 7.74. The molecule has 1 aliphatic heterocycles. The van der Waals surface area contributed by atoms with E-state index in [0.29, 0.717) is 29.0 Å². The molecule has 1 aromatic heterocycles. The Morgan fingerprint density at radius 3 is 3.00 bits per heavy atom. The normalized spacial score (nSPS) is 13.3. The van der Waals surface area contributed by atoms with Crippen molar-refractivity contribution in [1.82, 2.24) is 9.97 Å². The van der Waals surface area contributed by atoms with Crippen LogP contribution in [-0.4, -0.2) is 23.6 Å². The van der Waals surface area contributed by atoms with E-state index < -0.39 is 0 Å². The van der Waals surface area contributed by atoms with Gasteiger partial charge < -0.3 is 14.6 Å². The molecule has 3 aromatic rings. The van der Waals surface area contributed by atoms with Gasteiger partial charge >= 0.3 is 0 Å². The van der Waals surface area contributed by atoms with E-state index in [2.05, 4.69) is 9.97 Å². The maximum Gasteiger partial charge on any atom is 0.258 e. The molecule has 2 aromatic carbocycles. The van der Waals surface area contributed by atoms with E-state index in [0.717, 1.165) is 24.2 Å². The number of fused-ring (bicyclic) bond motifs is 2. The summed E-state index contributed by atoms with van der Waals surface area (Å²) in [5.41, 5.74) is 2.40. The molecular formula is C18H16FN3O2. The summed E-state index contributed by atoms with van der Waals surface area (Å²) < 4.78 is 18.6. The number of anilines is 1. The van der Waals surface area contributed by atoms with Crippen LogP contribution in [0.15, 0.2) is 41.2 Å². The second-order valence-electron chi connectivity index (χ2n) is 5.84. The molecule has 0 saturated carbocycles. The minimum absolute atomic E-state index is 0.201. The Hall–Kier alpha value is -2.89. The first-order chi connectivity index (χ1) is 11.6. The molecule has 122 valence electrons. The second kappa shape index (κ2) is 5.63. The van der Waals surface area contributed by atoms with Crippen LogP contribution in [0.3, 0.4) is 0 Å². The van der Waals surface area contributed by atoms with Gasteiger partial charge in [-0.2, -0.15) is 0 Å². The first kappa shape index (κ1) is 14.7. The van der Waals surface area contributed by atoms with E-state index in [1.165, 1.54) is 12.1 Å². The van der Waals surface area contributed by atoms with Crippen molar-refractivity contribution in [2.75, 3.05) is 18.6 Å². The van der Waals surface area contributed by atoms with Gasteiger partial charge in [0.05, 0.1) is 24.6 Å². The van der Waals surface area contributed by atoms with E-state index in [1.807, 2.05) is 11.0 Å².